The summed E-state index contributed by atoms with van der Waals surface area (Å²) in [5, 5.41) is 23.3. The first-order chi connectivity index (χ1) is 13.9. The Morgan fingerprint density at radius 1 is 1.34 bits per heavy atom. The van der Waals surface area contributed by atoms with Gasteiger partial charge in [0.05, 0.1) is 11.2 Å². The zero-order chi connectivity index (χ0) is 20.2. The van der Waals surface area contributed by atoms with Gasteiger partial charge in [-0.05, 0) is 75.3 Å². The molecule has 1 aromatic heterocycles. The van der Waals surface area contributed by atoms with Gasteiger partial charge in [0, 0.05) is 24.8 Å². The number of pyridine rings is 1. The highest BCUT2D eigenvalue weighted by molar-refractivity contribution is 5.68. The summed E-state index contributed by atoms with van der Waals surface area (Å²) >= 11 is 0. The molecule has 5 fully saturated rings. The summed E-state index contributed by atoms with van der Waals surface area (Å²) in [7, 11) is 0. The van der Waals surface area contributed by atoms with Crippen molar-refractivity contribution in [3.63, 3.8) is 0 Å². The molecular formula is C22H28N4O3. The van der Waals surface area contributed by atoms with Crippen molar-refractivity contribution in [2.45, 2.75) is 63.2 Å². The van der Waals surface area contributed by atoms with Crippen molar-refractivity contribution < 1.29 is 14.6 Å². The van der Waals surface area contributed by atoms with Gasteiger partial charge in [-0.1, -0.05) is 0 Å². The van der Waals surface area contributed by atoms with E-state index in [9.17, 15) is 15.2 Å². The van der Waals surface area contributed by atoms with E-state index in [4.69, 9.17) is 4.74 Å². The van der Waals surface area contributed by atoms with Crippen LogP contribution in [0.3, 0.4) is 0 Å². The van der Waals surface area contributed by atoms with E-state index < -0.39 is 5.60 Å². The quantitative estimate of drug-likeness (QED) is 0.815. The molecule has 1 saturated heterocycles. The van der Waals surface area contributed by atoms with Gasteiger partial charge in [-0.2, -0.15) is 5.26 Å². The van der Waals surface area contributed by atoms with E-state index in [0.717, 1.165) is 44.2 Å². The SMILES string of the molecule is Cc1ccc(C#N)c(N[C@@H]2CCN(C(=O)OC3C4CC5C[C@H]3CC(O)(C5)C4)C2)n1. The van der Waals surface area contributed by atoms with Crippen molar-refractivity contribution in [1.29, 1.82) is 5.26 Å². The van der Waals surface area contributed by atoms with Crippen LogP contribution in [0.2, 0.25) is 0 Å². The first kappa shape index (κ1) is 18.7. The average Bonchev–Trinajstić information content (AvgIpc) is 3.12. The summed E-state index contributed by atoms with van der Waals surface area (Å²) in [6, 6.07) is 5.82. The number of nitrogens with zero attached hydrogens (tertiary/aromatic N) is 3. The fourth-order valence-electron chi connectivity index (χ4n) is 6.31. The number of anilines is 1. The lowest BCUT2D eigenvalue weighted by Gasteiger charge is -2.57. The second-order valence-electron chi connectivity index (χ2n) is 9.58. The molecular weight excluding hydrogens is 368 g/mol. The fraction of sp³-hybridized carbons (Fsp3) is 0.682. The lowest BCUT2D eigenvalue weighted by molar-refractivity contribution is -0.177. The normalized spacial score (nSPS) is 37.4. The molecule has 6 atom stereocenters. The largest absolute Gasteiger partial charge is 0.446 e. The molecule has 154 valence electrons. The number of carbonyl (C=O) groups excluding carboxylic acids is 1. The van der Waals surface area contributed by atoms with E-state index in [0.29, 0.717) is 42.2 Å². The predicted octanol–water partition coefficient (Wildman–Crippen LogP) is 2.82. The maximum atomic E-state index is 12.8. The molecule has 0 spiro atoms. The fourth-order valence-corrected chi connectivity index (χ4v) is 6.31. The van der Waals surface area contributed by atoms with Crippen LogP contribution in [0.25, 0.3) is 0 Å². The zero-order valence-electron chi connectivity index (χ0n) is 16.8. The zero-order valence-corrected chi connectivity index (χ0v) is 16.8. The van der Waals surface area contributed by atoms with E-state index in [1.54, 1.807) is 11.0 Å². The summed E-state index contributed by atoms with van der Waals surface area (Å²) < 4.78 is 6.00. The Labute approximate surface area is 171 Å². The molecule has 1 amide bonds. The number of aryl methyl sites for hydroxylation is 1. The topological polar surface area (TPSA) is 98.5 Å². The lowest BCUT2D eigenvalue weighted by Crippen LogP contribution is -2.58. The molecule has 4 aliphatic carbocycles. The number of ether oxygens (including phenoxy) is 1. The van der Waals surface area contributed by atoms with Crippen LogP contribution in [0.1, 0.15) is 49.8 Å². The van der Waals surface area contributed by atoms with E-state index in [1.165, 1.54) is 0 Å². The molecule has 1 aromatic rings. The van der Waals surface area contributed by atoms with Crippen molar-refractivity contribution >= 4 is 11.9 Å². The number of carbonyl (C=O) groups is 1. The van der Waals surface area contributed by atoms with E-state index in [2.05, 4.69) is 16.4 Å². The molecule has 29 heavy (non-hydrogen) atoms. The molecule has 5 aliphatic rings. The average molecular weight is 396 g/mol. The Hall–Kier alpha value is -2.33. The third-order valence-corrected chi connectivity index (χ3v) is 7.33. The van der Waals surface area contributed by atoms with Gasteiger partial charge in [0.1, 0.15) is 18.0 Å². The number of nitrogens with one attached hydrogen (secondary N) is 1. The number of hydrogen-bond donors (Lipinski definition) is 2. The molecule has 7 nitrogen and oxygen atoms in total. The summed E-state index contributed by atoms with van der Waals surface area (Å²) in [4.78, 5) is 19.0. The summed E-state index contributed by atoms with van der Waals surface area (Å²) in [5.41, 5.74) is 0.855. The maximum absolute atomic E-state index is 12.8. The number of aromatic nitrogens is 1. The van der Waals surface area contributed by atoms with Crippen LogP contribution in [-0.4, -0.2) is 51.9 Å². The highest BCUT2D eigenvalue weighted by Crippen LogP contribution is 2.56. The Morgan fingerprint density at radius 2 is 2.10 bits per heavy atom. The van der Waals surface area contributed by atoms with Gasteiger partial charge in [-0.25, -0.2) is 9.78 Å². The Balaban J connectivity index is 1.20. The van der Waals surface area contributed by atoms with Crippen LogP contribution in [0.5, 0.6) is 0 Å². The maximum Gasteiger partial charge on any atom is 0.410 e. The van der Waals surface area contributed by atoms with Crippen molar-refractivity contribution in [2.75, 3.05) is 18.4 Å². The lowest BCUT2D eigenvalue weighted by atomic mass is 9.53. The van der Waals surface area contributed by atoms with Crippen molar-refractivity contribution in [2.24, 2.45) is 17.8 Å². The summed E-state index contributed by atoms with van der Waals surface area (Å²) in [5.74, 6) is 1.80. The van der Waals surface area contributed by atoms with Crippen LogP contribution in [-0.2, 0) is 4.74 Å². The second kappa shape index (κ2) is 6.88. The number of amides is 1. The molecule has 2 N–H and O–H groups in total. The summed E-state index contributed by atoms with van der Waals surface area (Å²) in [6.45, 7) is 3.08. The van der Waals surface area contributed by atoms with Crippen LogP contribution in [0, 0.1) is 36.0 Å². The van der Waals surface area contributed by atoms with Crippen molar-refractivity contribution in [3.05, 3.63) is 23.4 Å². The number of nitriles is 1. The minimum atomic E-state index is -0.513. The second-order valence-corrected chi connectivity index (χ2v) is 9.58. The third kappa shape index (κ3) is 3.44. The first-order valence-electron chi connectivity index (χ1n) is 10.7. The van der Waals surface area contributed by atoms with Gasteiger partial charge in [0.15, 0.2) is 0 Å². The van der Waals surface area contributed by atoms with Gasteiger partial charge in [0.25, 0.3) is 0 Å². The molecule has 4 saturated carbocycles. The Bertz CT molecular complexity index is 850. The highest BCUT2D eigenvalue weighted by Gasteiger charge is 2.56. The van der Waals surface area contributed by atoms with Crippen LogP contribution < -0.4 is 5.32 Å². The van der Waals surface area contributed by atoms with Crippen LogP contribution in [0.15, 0.2) is 12.1 Å². The molecule has 6 rings (SSSR count). The first-order valence-corrected chi connectivity index (χ1v) is 10.7. The monoisotopic (exact) mass is 396 g/mol. The molecule has 4 unspecified atom stereocenters. The van der Waals surface area contributed by atoms with Gasteiger partial charge in [-0.3, -0.25) is 0 Å². The smallest absolute Gasteiger partial charge is 0.410 e. The molecule has 1 aliphatic heterocycles. The van der Waals surface area contributed by atoms with Crippen molar-refractivity contribution in [3.8, 4) is 6.07 Å². The van der Waals surface area contributed by atoms with Gasteiger partial charge < -0.3 is 20.1 Å². The van der Waals surface area contributed by atoms with E-state index in [-0.39, 0.29) is 18.2 Å². The Kier molecular flexibility index (Phi) is 4.43. The van der Waals surface area contributed by atoms with E-state index in [1.807, 2.05) is 13.0 Å². The third-order valence-electron chi connectivity index (χ3n) is 7.33. The number of likely N-dealkylation sites (tertiary alicyclic amines) is 1. The van der Waals surface area contributed by atoms with E-state index >= 15 is 0 Å². The number of rotatable bonds is 3. The van der Waals surface area contributed by atoms with Gasteiger partial charge in [-0.15, -0.1) is 0 Å². The molecule has 2 heterocycles. The van der Waals surface area contributed by atoms with Gasteiger partial charge in [0.2, 0.25) is 0 Å². The predicted molar refractivity (Wildman–Crippen MR) is 106 cm³/mol. The molecule has 0 aromatic carbocycles. The van der Waals surface area contributed by atoms with Crippen LogP contribution in [0.4, 0.5) is 10.6 Å². The standard InChI is InChI=1S/C22H28N4O3/c1-13-2-3-15(11-23)20(24-13)25-18-4-5-26(12-18)21(27)29-19-16-6-14-7-17(19)10-22(28,8-14)9-16/h2-3,14,16-19,28H,4-10,12H2,1H3,(H,24,25)/t14?,16-,17?,18+,19?,22?/m0/s1. The Morgan fingerprint density at radius 3 is 2.79 bits per heavy atom. The minimum Gasteiger partial charge on any atom is -0.446 e. The molecule has 0 radical (unpaired) electrons. The van der Waals surface area contributed by atoms with Crippen molar-refractivity contribution in [1.82, 2.24) is 9.88 Å². The number of aliphatic hydroxyl groups is 1. The molecule has 7 heteroatoms. The minimum absolute atomic E-state index is 0.0463. The highest BCUT2D eigenvalue weighted by atomic mass is 16.6. The van der Waals surface area contributed by atoms with Gasteiger partial charge >= 0.3 is 6.09 Å². The molecule has 4 bridgehead atoms. The number of hydrogen-bond acceptors (Lipinski definition) is 6. The summed E-state index contributed by atoms with van der Waals surface area (Å²) in [6.07, 6.45) is 5.16. The van der Waals surface area contributed by atoms with Crippen LogP contribution >= 0.6 is 0 Å².